The fraction of sp³-hybridized carbons (Fsp3) is 0.296. The summed E-state index contributed by atoms with van der Waals surface area (Å²) in [4.78, 5) is 33.0. The van der Waals surface area contributed by atoms with E-state index in [2.05, 4.69) is 18.8 Å². The molecule has 35 heavy (non-hydrogen) atoms. The minimum atomic E-state index is -0.811. The third-order valence-corrected chi connectivity index (χ3v) is 6.80. The van der Waals surface area contributed by atoms with E-state index in [0.29, 0.717) is 28.7 Å². The van der Waals surface area contributed by atoms with E-state index in [0.717, 1.165) is 16.3 Å². The van der Waals surface area contributed by atoms with Crippen molar-refractivity contribution in [1.29, 1.82) is 0 Å². The summed E-state index contributed by atoms with van der Waals surface area (Å²) >= 11 is 1.24. The monoisotopic (exact) mass is 492 g/mol. The van der Waals surface area contributed by atoms with Crippen molar-refractivity contribution in [3.8, 4) is 11.5 Å². The Bertz CT molecular complexity index is 1280. The van der Waals surface area contributed by atoms with E-state index in [-0.39, 0.29) is 17.9 Å². The van der Waals surface area contributed by atoms with Crippen molar-refractivity contribution < 1.29 is 24.5 Å². The molecule has 0 spiro atoms. The maximum atomic E-state index is 13.6. The maximum Gasteiger partial charge on any atom is 0.290 e. The van der Waals surface area contributed by atoms with Gasteiger partial charge in [0, 0.05) is 6.54 Å². The number of phenols is 1. The van der Waals surface area contributed by atoms with Gasteiger partial charge in [0.1, 0.15) is 11.5 Å². The van der Waals surface area contributed by atoms with Gasteiger partial charge in [-0.15, -0.1) is 11.3 Å². The third-order valence-electron chi connectivity index (χ3n) is 5.73. The standard InChI is InChI=1S/C27H28N2O5S/c1-15(2)14-34-21-11-5-18(6-12-21)13-29-23(19-7-9-20(30)10-8-19)22(25(32)27(29)33)24(31)26-16(3)28-17(4)35-26/h5-12,15,23,30,32H,13-14H2,1-4H3. The van der Waals surface area contributed by atoms with E-state index in [4.69, 9.17) is 4.74 Å². The molecule has 7 nitrogen and oxygen atoms in total. The zero-order chi connectivity index (χ0) is 25.3. The molecule has 2 heterocycles. The first-order valence-electron chi connectivity index (χ1n) is 11.4. The number of Topliss-reactive ketones (excluding diaryl/α,β-unsaturated/α-hetero) is 1. The van der Waals surface area contributed by atoms with Crippen LogP contribution in [0.1, 0.15) is 51.4 Å². The minimum absolute atomic E-state index is 0.0179. The van der Waals surface area contributed by atoms with Crippen molar-refractivity contribution >= 4 is 23.0 Å². The molecule has 8 heteroatoms. The van der Waals surface area contributed by atoms with Crippen LogP contribution in [0.15, 0.2) is 59.9 Å². The Labute approximate surface area is 208 Å². The third kappa shape index (κ3) is 5.07. The number of aromatic nitrogens is 1. The van der Waals surface area contributed by atoms with Crippen LogP contribution < -0.4 is 4.74 Å². The molecular weight excluding hydrogens is 464 g/mol. The Kier molecular flexibility index (Phi) is 6.93. The van der Waals surface area contributed by atoms with Crippen LogP contribution in [0.2, 0.25) is 0 Å². The van der Waals surface area contributed by atoms with Crippen LogP contribution in [0.4, 0.5) is 0 Å². The molecule has 0 bridgehead atoms. The lowest BCUT2D eigenvalue weighted by Crippen LogP contribution is -2.30. The van der Waals surface area contributed by atoms with Gasteiger partial charge < -0.3 is 19.8 Å². The number of rotatable bonds is 8. The number of aliphatic hydroxyl groups is 1. The molecule has 2 aromatic carbocycles. The fourth-order valence-corrected chi connectivity index (χ4v) is 4.94. The zero-order valence-corrected chi connectivity index (χ0v) is 20.9. The molecule has 1 aliphatic rings. The smallest absolute Gasteiger partial charge is 0.290 e. The number of phenolic OH excluding ortho intramolecular Hbond substituents is 1. The number of ketones is 1. The first-order chi connectivity index (χ1) is 16.7. The molecule has 182 valence electrons. The van der Waals surface area contributed by atoms with E-state index >= 15 is 0 Å². The molecule has 1 aromatic heterocycles. The highest BCUT2D eigenvalue weighted by atomic mass is 32.1. The highest BCUT2D eigenvalue weighted by Crippen LogP contribution is 2.41. The first kappa shape index (κ1) is 24.5. The molecule has 4 rings (SSSR count). The van der Waals surface area contributed by atoms with Crippen LogP contribution in [0, 0.1) is 19.8 Å². The number of carbonyl (C=O) groups is 2. The second kappa shape index (κ2) is 9.92. The molecule has 1 amide bonds. The number of aryl methyl sites for hydroxylation is 2. The summed E-state index contributed by atoms with van der Waals surface area (Å²) in [6, 6.07) is 12.9. The average molecular weight is 493 g/mol. The maximum absolute atomic E-state index is 13.6. The summed E-state index contributed by atoms with van der Waals surface area (Å²) in [5, 5.41) is 21.4. The van der Waals surface area contributed by atoms with Crippen molar-refractivity contribution in [3.63, 3.8) is 0 Å². The molecule has 0 radical (unpaired) electrons. The van der Waals surface area contributed by atoms with E-state index in [1.54, 1.807) is 26.0 Å². The molecule has 1 atom stereocenters. The zero-order valence-electron chi connectivity index (χ0n) is 20.1. The van der Waals surface area contributed by atoms with E-state index in [1.807, 2.05) is 24.3 Å². The molecule has 0 aliphatic carbocycles. The number of carbonyl (C=O) groups excluding carboxylic acids is 2. The Balaban J connectivity index is 1.69. The summed E-state index contributed by atoms with van der Waals surface area (Å²) in [6.45, 7) is 8.47. The first-order valence-corrected chi connectivity index (χ1v) is 12.2. The fourth-order valence-electron chi connectivity index (χ4n) is 4.07. The van der Waals surface area contributed by atoms with E-state index in [1.165, 1.54) is 28.4 Å². The highest BCUT2D eigenvalue weighted by molar-refractivity contribution is 7.14. The van der Waals surface area contributed by atoms with Crippen molar-refractivity contribution in [2.75, 3.05) is 6.61 Å². The van der Waals surface area contributed by atoms with E-state index in [9.17, 15) is 19.8 Å². The van der Waals surface area contributed by atoms with Crippen LogP contribution >= 0.6 is 11.3 Å². The average Bonchev–Trinajstić information content (AvgIpc) is 3.29. The molecule has 2 N–H and O–H groups in total. The van der Waals surface area contributed by atoms with Gasteiger partial charge in [0.15, 0.2) is 5.76 Å². The van der Waals surface area contributed by atoms with Gasteiger partial charge in [0.2, 0.25) is 5.78 Å². The second-order valence-electron chi connectivity index (χ2n) is 9.01. The number of aromatic hydroxyl groups is 1. The number of ether oxygens (including phenoxy) is 1. The molecule has 0 fully saturated rings. The van der Waals surface area contributed by atoms with Crippen LogP contribution in [0.5, 0.6) is 11.5 Å². The predicted octanol–water partition coefficient (Wildman–Crippen LogP) is 5.28. The van der Waals surface area contributed by atoms with Gasteiger partial charge in [-0.25, -0.2) is 4.98 Å². The van der Waals surface area contributed by atoms with Gasteiger partial charge in [-0.1, -0.05) is 38.1 Å². The summed E-state index contributed by atoms with van der Waals surface area (Å²) in [6.07, 6.45) is 0. The van der Waals surface area contributed by atoms with Crippen LogP contribution in [-0.4, -0.2) is 38.4 Å². The molecule has 3 aromatic rings. The summed E-state index contributed by atoms with van der Waals surface area (Å²) in [7, 11) is 0. The lowest BCUT2D eigenvalue weighted by Gasteiger charge is -2.27. The Morgan fingerprint density at radius 1 is 1.09 bits per heavy atom. The van der Waals surface area contributed by atoms with Gasteiger partial charge in [-0.2, -0.15) is 0 Å². The molecule has 0 saturated heterocycles. The lowest BCUT2D eigenvalue weighted by molar-refractivity contribution is -0.130. The number of nitrogens with zero attached hydrogens (tertiary/aromatic N) is 2. The Morgan fingerprint density at radius 2 is 1.74 bits per heavy atom. The van der Waals surface area contributed by atoms with Crippen molar-refractivity contribution in [3.05, 3.63) is 86.6 Å². The van der Waals surface area contributed by atoms with Crippen molar-refractivity contribution in [2.45, 2.75) is 40.3 Å². The van der Waals surface area contributed by atoms with Crippen LogP contribution in [-0.2, 0) is 11.3 Å². The number of benzene rings is 2. The number of amides is 1. The summed E-state index contributed by atoms with van der Waals surface area (Å²) in [5.41, 5.74) is 2.01. The van der Waals surface area contributed by atoms with Gasteiger partial charge in [-0.3, -0.25) is 9.59 Å². The van der Waals surface area contributed by atoms with Gasteiger partial charge >= 0.3 is 0 Å². The molecule has 1 aliphatic heterocycles. The normalized spacial score (nSPS) is 15.9. The van der Waals surface area contributed by atoms with E-state index < -0.39 is 23.5 Å². The largest absolute Gasteiger partial charge is 0.508 e. The lowest BCUT2D eigenvalue weighted by atomic mass is 9.94. The van der Waals surface area contributed by atoms with Crippen LogP contribution in [0.3, 0.4) is 0 Å². The molecule has 0 saturated carbocycles. The Hall–Kier alpha value is -3.65. The quantitative estimate of drug-likeness (QED) is 0.415. The van der Waals surface area contributed by atoms with Crippen LogP contribution in [0.25, 0.3) is 0 Å². The predicted molar refractivity (Wildman–Crippen MR) is 134 cm³/mol. The number of aliphatic hydroxyl groups excluding tert-OH is 1. The van der Waals surface area contributed by atoms with Crippen molar-refractivity contribution in [2.24, 2.45) is 5.92 Å². The number of hydrogen-bond acceptors (Lipinski definition) is 7. The van der Waals surface area contributed by atoms with Crippen molar-refractivity contribution in [1.82, 2.24) is 9.88 Å². The minimum Gasteiger partial charge on any atom is -0.508 e. The Morgan fingerprint density at radius 3 is 2.31 bits per heavy atom. The summed E-state index contributed by atoms with van der Waals surface area (Å²) < 4.78 is 5.74. The second-order valence-corrected chi connectivity index (χ2v) is 10.2. The number of thiazole rings is 1. The SMILES string of the molecule is Cc1nc(C)c(C(=O)C2=C(O)C(=O)N(Cc3ccc(OCC(C)C)cc3)C2c2ccc(O)cc2)s1. The van der Waals surface area contributed by atoms with Gasteiger partial charge in [0.05, 0.1) is 33.8 Å². The molecule has 1 unspecified atom stereocenters. The molecular formula is C27H28N2O5S. The van der Waals surface area contributed by atoms with Gasteiger partial charge in [0.25, 0.3) is 5.91 Å². The summed E-state index contributed by atoms with van der Waals surface area (Å²) in [5.74, 6) is -0.397. The van der Waals surface area contributed by atoms with Gasteiger partial charge in [-0.05, 0) is 55.2 Å². The highest BCUT2D eigenvalue weighted by Gasteiger charge is 2.44. The number of hydrogen-bond donors (Lipinski definition) is 2. The topological polar surface area (TPSA) is 100.0 Å².